The number of carbonyl (C=O) groups excluding carboxylic acids is 1. The predicted octanol–water partition coefficient (Wildman–Crippen LogP) is 4.67. The normalized spacial score (nSPS) is 21.8. The van der Waals surface area contributed by atoms with Crippen molar-refractivity contribution < 1.29 is 29.0 Å². The molecule has 3 aromatic rings. The van der Waals surface area contributed by atoms with Crippen molar-refractivity contribution >= 4 is 17.8 Å². The number of likely N-dealkylation sites (tertiary alicyclic amines) is 1. The standard InChI is InChI=1S/C29H26N2O6/c1-35-26-13-7-6-12-22(26)24-14-29(37-30-24)15-25(27(32)33)31(17-29)28(34)36-16-23-20-10-4-2-8-18(20)19-9-3-5-11-21(19)23/h2-13,23,25H,14-17H2,1H3,(H,32,33)/t25-,29-/m0/s1. The van der Waals surface area contributed by atoms with Crippen molar-refractivity contribution in [3.05, 3.63) is 89.5 Å². The highest BCUT2D eigenvalue weighted by Crippen LogP contribution is 2.45. The Morgan fingerprint density at radius 1 is 1.00 bits per heavy atom. The highest BCUT2D eigenvalue weighted by atomic mass is 16.7. The first-order valence-electron chi connectivity index (χ1n) is 12.2. The first-order valence-corrected chi connectivity index (χ1v) is 12.2. The van der Waals surface area contributed by atoms with E-state index in [4.69, 9.17) is 14.3 Å². The molecule has 2 atom stereocenters. The number of ether oxygens (including phenoxy) is 2. The van der Waals surface area contributed by atoms with E-state index in [1.165, 1.54) is 4.90 Å². The highest BCUT2D eigenvalue weighted by molar-refractivity contribution is 6.04. The van der Waals surface area contributed by atoms with Crippen LogP contribution in [0.4, 0.5) is 4.79 Å². The molecule has 1 N–H and O–H groups in total. The Morgan fingerprint density at radius 3 is 2.27 bits per heavy atom. The lowest BCUT2D eigenvalue weighted by atomic mass is 9.91. The zero-order valence-corrected chi connectivity index (χ0v) is 20.3. The van der Waals surface area contributed by atoms with Crippen molar-refractivity contribution in [2.45, 2.75) is 30.4 Å². The molecular formula is C29H26N2O6. The molecule has 188 valence electrons. The molecule has 1 saturated heterocycles. The van der Waals surface area contributed by atoms with Crippen LogP contribution >= 0.6 is 0 Å². The van der Waals surface area contributed by atoms with Gasteiger partial charge in [-0.25, -0.2) is 9.59 Å². The third-order valence-electron chi connectivity index (χ3n) is 7.51. The molecule has 0 bridgehead atoms. The number of benzene rings is 3. The van der Waals surface area contributed by atoms with Gasteiger partial charge in [-0.3, -0.25) is 4.90 Å². The number of oxime groups is 1. The van der Waals surface area contributed by atoms with Crippen LogP contribution in [-0.4, -0.2) is 59.7 Å². The topological polar surface area (TPSA) is 97.7 Å². The molecule has 8 heteroatoms. The van der Waals surface area contributed by atoms with Gasteiger partial charge >= 0.3 is 12.1 Å². The van der Waals surface area contributed by atoms with E-state index in [9.17, 15) is 14.7 Å². The number of para-hydroxylation sites is 1. The predicted molar refractivity (Wildman–Crippen MR) is 136 cm³/mol. The minimum Gasteiger partial charge on any atom is -0.496 e. The molecule has 2 heterocycles. The van der Waals surface area contributed by atoms with Crippen molar-refractivity contribution in [1.82, 2.24) is 4.90 Å². The lowest BCUT2D eigenvalue weighted by Crippen LogP contribution is -2.42. The number of methoxy groups -OCH3 is 1. The summed E-state index contributed by atoms with van der Waals surface area (Å²) in [6.45, 7) is 0.190. The van der Waals surface area contributed by atoms with E-state index in [-0.39, 0.29) is 25.5 Å². The van der Waals surface area contributed by atoms with E-state index in [1.54, 1.807) is 7.11 Å². The molecule has 0 saturated carbocycles. The maximum absolute atomic E-state index is 13.3. The number of aliphatic carboxylic acids is 1. The lowest BCUT2D eigenvalue weighted by molar-refractivity contribution is -0.141. The van der Waals surface area contributed by atoms with Crippen molar-refractivity contribution in [3.63, 3.8) is 0 Å². The maximum Gasteiger partial charge on any atom is 0.410 e. The fourth-order valence-electron chi connectivity index (χ4n) is 5.78. The van der Waals surface area contributed by atoms with Crippen LogP contribution in [0.3, 0.4) is 0 Å². The van der Waals surface area contributed by atoms with Gasteiger partial charge in [0.15, 0.2) is 5.60 Å². The number of hydrogen-bond acceptors (Lipinski definition) is 6. The Hall–Kier alpha value is -4.33. The summed E-state index contributed by atoms with van der Waals surface area (Å²) in [5, 5.41) is 14.2. The minimum absolute atomic E-state index is 0.0722. The molecule has 0 radical (unpaired) electrons. The number of nitrogens with zero attached hydrogens (tertiary/aromatic N) is 2. The SMILES string of the molecule is COc1ccccc1C1=NO[C@@]2(C1)C[C@@H](C(=O)O)N(C(=O)OCC1c3ccccc3-c3ccccc31)C2. The summed E-state index contributed by atoms with van der Waals surface area (Å²) >= 11 is 0. The van der Waals surface area contributed by atoms with Gasteiger partial charge in [0, 0.05) is 24.3 Å². The van der Waals surface area contributed by atoms with E-state index in [1.807, 2.05) is 60.7 Å². The average Bonchev–Trinajstić information content (AvgIpc) is 3.61. The Morgan fingerprint density at radius 2 is 1.62 bits per heavy atom. The third-order valence-corrected chi connectivity index (χ3v) is 7.51. The first-order chi connectivity index (χ1) is 18.0. The largest absolute Gasteiger partial charge is 0.496 e. The number of fused-ring (bicyclic) bond motifs is 3. The van der Waals surface area contributed by atoms with Gasteiger partial charge in [-0.1, -0.05) is 65.8 Å². The van der Waals surface area contributed by atoms with Gasteiger partial charge in [-0.15, -0.1) is 0 Å². The molecule has 0 aromatic heterocycles. The quantitative estimate of drug-likeness (QED) is 0.549. The zero-order valence-electron chi connectivity index (χ0n) is 20.3. The summed E-state index contributed by atoms with van der Waals surface area (Å²) in [4.78, 5) is 32.5. The molecule has 3 aliphatic rings. The fourth-order valence-corrected chi connectivity index (χ4v) is 5.78. The number of carboxylic acid groups (broad SMARTS) is 1. The van der Waals surface area contributed by atoms with Gasteiger partial charge in [0.05, 0.1) is 19.4 Å². The van der Waals surface area contributed by atoms with E-state index in [0.29, 0.717) is 17.9 Å². The van der Waals surface area contributed by atoms with Gasteiger partial charge in [0.1, 0.15) is 18.4 Å². The van der Waals surface area contributed by atoms with Crippen molar-refractivity contribution in [1.29, 1.82) is 0 Å². The van der Waals surface area contributed by atoms with Crippen LogP contribution in [0.1, 0.15) is 35.4 Å². The maximum atomic E-state index is 13.3. The van der Waals surface area contributed by atoms with E-state index >= 15 is 0 Å². The number of rotatable bonds is 5. The van der Waals surface area contributed by atoms with E-state index in [2.05, 4.69) is 17.3 Å². The van der Waals surface area contributed by atoms with E-state index in [0.717, 1.165) is 27.8 Å². The molecule has 0 unspecified atom stereocenters. The highest BCUT2D eigenvalue weighted by Gasteiger charge is 2.54. The minimum atomic E-state index is -1.10. The van der Waals surface area contributed by atoms with Gasteiger partial charge < -0.3 is 19.4 Å². The Bertz CT molecular complexity index is 1370. The smallest absolute Gasteiger partial charge is 0.410 e. The summed E-state index contributed by atoms with van der Waals surface area (Å²) < 4.78 is 11.2. The van der Waals surface area contributed by atoms with Crippen LogP contribution in [-0.2, 0) is 14.4 Å². The molecule has 2 aliphatic heterocycles. The van der Waals surface area contributed by atoms with Crippen LogP contribution in [0, 0.1) is 0 Å². The van der Waals surface area contributed by atoms with Crippen LogP contribution in [0.15, 0.2) is 78.0 Å². The first kappa shape index (κ1) is 23.1. The third kappa shape index (κ3) is 3.89. The Labute approximate surface area is 214 Å². The van der Waals surface area contributed by atoms with Crippen molar-refractivity contribution in [2.75, 3.05) is 20.3 Å². The van der Waals surface area contributed by atoms with Gasteiger partial charge in [0.25, 0.3) is 0 Å². The van der Waals surface area contributed by atoms with Gasteiger partial charge in [-0.2, -0.15) is 0 Å². The second kappa shape index (κ2) is 8.96. The summed E-state index contributed by atoms with van der Waals surface area (Å²) in [5.41, 5.74) is 4.97. The van der Waals surface area contributed by atoms with Crippen LogP contribution in [0.2, 0.25) is 0 Å². The van der Waals surface area contributed by atoms with Crippen molar-refractivity contribution in [3.8, 4) is 16.9 Å². The summed E-state index contributed by atoms with van der Waals surface area (Å²) in [7, 11) is 1.58. The lowest BCUT2D eigenvalue weighted by Gasteiger charge is -2.23. The molecule has 8 nitrogen and oxygen atoms in total. The number of hydrogen-bond donors (Lipinski definition) is 1. The molecule has 1 fully saturated rings. The average molecular weight is 499 g/mol. The second-order valence-electron chi connectivity index (χ2n) is 9.68. The summed E-state index contributed by atoms with van der Waals surface area (Å²) in [5.74, 6) is -0.554. The van der Waals surface area contributed by atoms with E-state index < -0.39 is 23.7 Å². The van der Waals surface area contributed by atoms with Crippen LogP contribution in [0.5, 0.6) is 5.75 Å². The number of amides is 1. The van der Waals surface area contributed by atoms with Crippen molar-refractivity contribution in [2.24, 2.45) is 5.16 Å². The number of carbonyl (C=O) groups is 2. The fraction of sp³-hybridized carbons (Fsp3) is 0.276. The Kier molecular flexibility index (Phi) is 5.59. The molecule has 37 heavy (non-hydrogen) atoms. The second-order valence-corrected chi connectivity index (χ2v) is 9.68. The Balaban J connectivity index is 1.19. The molecule has 1 spiro atoms. The molecule has 3 aromatic carbocycles. The molecular weight excluding hydrogens is 472 g/mol. The summed E-state index contributed by atoms with van der Waals surface area (Å²) in [6, 6.07) is 22.5. The van der Waals surface area contributed by atoms with Gasteiger partial charge in [-0.05, 0) is 34.4 Å². The number of carboxylic acids is 1. The van der Waals surface area contributed by atoms with Crippen LogP contribution in [0.25, 0.3) is 11.1 Å². The molecule has 1 aliphatic carbocycles. The molecule has 6 rings (SSSR count). The zero-order chi connectivity index (χ0) is 25.6. The monoisotopic (exact) mass is 498 g/mol. The summed E-state index contributed by atoms with van der Waals surface area (Å²) in [6.07, 6.45) is -0.181. The van der Waals surface area contributed by atoms with Crippen LogP contribution < -0.4 is 4.74 Å². The van der Waals surface area contributed by atoms with Gasteiger partial charge in [0.2, 0.25) is 0 Å². The molecule has 1 amide bonds.